The zero-order valence-electron chi connectivity index (χ0n) is 40.8. The molecule has 0 atom stereocenters. The molecule has 0 aromatic heterocycles. The molecule has 64 heavy (non-hydrogen) atoms. The van der Waals surface area contributed by atoms with E-state index in [2.05, 4.69) is 246 Å². The van der Waals surface area contributed by atoms with Gasteiger partial charge in [0.05, 0.1) is 5.69 Å². The molecule has 0 N–H and O–H groups in total. The van der Waals surface area contributed by atoms with Crippen molar-refractivity contribution in [1.29, 1.82) is 0 Å². The van der Waals surface area contributed by atoms with Crippen LogP contribution in [0.1, 0.15) is 130 Å². The molecule has 0 amide bonds. The second-order valence-corrected chi connectivity index (χ2v) is 23.5. The molecule has 0 saturated heterocycles. The van der Waals surface area contributed by atoms with Gasteiger partial charge in [-0.3, -0.25) is 0 Å². The van der Waals surface area contributed by atoms with Crippen molar-refractivity contribution in [3.63, 3.8) is 0 Å². The number of anilines is 5. The van der Waals surface area contributed by atoms with Crippen LogP contribution >= 0.6 is 0 Å². The van der Waals surface area contributed by atoms with Crippen molar-refractivity contribution in [3.05, 3.63) is 173 Å². The van der Waals surface area contributed by atoms with Crippen molar-refractivity contribution in [2.45, 2.75) is 124 Å². The van der Waals surface area contributed by atoms with Gasteiger partial charge < -0.3 is 9.71 Å². The van der Waals surface area contributed by atoms with E-state index in [1.165, 1.54) is 106 Å². The molecule has 3 aliphatic rings. The third-order valence-electron chi connectivity index (χ3n) is 14.7. The third kappa shape index (κ3) is 6.51. The smallest absolute Gasteiger partial charge is 0.333 e. The monoisotopic (exact) mass is 837 g/mol. The summed E-state index contributed by atoms with van der Waals surface area (Å²) in [5, 5.41) is 0. The van der Waals surface area contributed by atoms with Gasteiger partial charge in [0.15, 0.2) is 0 Å². The van der Waals surface area contributed by atoms with Gasteiger partial charge >= 0.3 is 6.85 Å². The minimum absolute atomic E-state index is 0.0219. The van der Waals surface area contributed by atoms with Crippen LogP contribution in [-0.4, -0.2) is 6.85 Å². The fourth-order valence-electron chi connectivity index (χ4n) is 10.9. The lowest BCUT2D eigenvalue weighted by atomic mass is 9.42. The summed E-state index contributed by atoms with van der Waals surface area (Å²) in [4.78, 5) is 5.38. The van der Waals surface area contributed by atoms with E-state index in [4.69, 9.17) is 0 Å². The Balaban J connectivity index is 1.40. The molecule has 322 valence electrons. The van der Waals surface area contributed by atoms with Crippen LogP contribution in [-0.2, 0) is 27.1 Å². The largest absolute Gasteiger partial charge is 0.376 e. The van der Waals surface area contributed by atoms with Gasteiger partial charge in [-0.15, -0.1) is 0 Å². The number of hydrogen-bond acceptors (Lipinski definition) is 2. The first-order valence-electron chi connectivity index (χ1n) is 23.6. The topological polar surface area (TPSA) is 6.48 Å². The summed E-state index contributed by atoms with van der Waals surface area (Å²) in [6.45, 7) is 32.8. The summed E-state index contributed by atoms with van der Waals surface area (Å²) in [6.07, 6.45) is 0. The molecule has 10 rings (SSSR count). The molecule has 0 saturated carbocycles. The predicted molar refractivity (Wildman–Crippen MR) is 278 cm³/mol. The van der Waals surface area contributed by atoms with E-state index in [0.29, 0.717) is 0 Å². The maximum absolute atomic E-state index is 2.71. The minimum atomic E-state index is -0.165. The summed E-state index contributed by atoms with van der Waals surface area (Å²) >= 11 is 0. The molecule has 7 aromatic carbocycles. The van der Waals surface area contributed by atoms with Crippen LogP contribution in [0.25, 0.3) is 33.4 Å². The highest BCUT2D eigenvalue weighted by molar-refractivity contribution is 6.94. The SMILES string of the molecule is CC(C)(C)c1ccc(N2B3c4c(cc(C(C)(C)C)cc4N(c4ccc(C(C)(C)C)cc4-c4ccccc4)c4ccc5c(c43)-c3ccccc3C5(C)C)-c3cc(C(C)(C)C)ccc32)cc1. The first-order valence-corrected chi connectivity index (χ1v) is 23.6. The van der Waals surface area contributed by atoms with E-state index >= 15 is 0 Å². The van der Waals surface area contributed by atoms with Gasteiger partial charge in [0.1, 0.15) is 0 Å². The minimum Gasteiger partial charge on any atom is -0.376 e. The molecule has 3 heteroatoms. The molecule has 0 unspecified atom stereocenters. The average molecular weight is 837 g/mol. The lowest BCUT2D eigenvalue weighted by Gasteiger charge is -2.47. The summed E-state index contributed by atoms with van der Waals surface area (Å²) in [7, 11) is 0. The highest BCUT2D eigenvalue weighted by Gasteiger charge is 2.50. The summed E-state index contributed by atoms with van der Waals surface area (Å²) in [6, 6.07) is 54.5. The third-order valence-corrected chi connectivity index (χ3v) is 14.7. The predicted octanol–water partition coefficient (Wildman–Crippen LogP) is 15.6. The van der Waals surface area contributed by atoms with Crippen LogP contribution in [0, 0.1) is 0 Å². The highest BCUT2D eigenvalue weighted by atomic mass is 15.2. The van der Waals surface area contributed by atoms with E-state index < -0.39 is 0 Å². The molecule has 0 spiro atoms. The van der Waals surface area contributed by atoms with E-state index in [-0.39, 0.29) is 33.9 Å². The molecule has 0 bridgehead atoms. The molecule has 2 nitrogen and oxygen atoms in total. The Morgan fingerprint density at radius 3 is 1.55 bits per heavy atom. The number of nitrogens with zero attached hydrogens (tertiary/aromatic N) is 2. The van der Waals surface area contributed by atoms with Gasteiger partial charge in [-0.25, -0.2) is 0 Å². The van der Waals surface area contributed by atoms with Gasteiger partial charge in [-0.05, 0) is 137 Å². The van der Waals surface area contributed by atoms with Crippen molar-refractivity contribution in [2.75, 3.05) is 9.71 Å². The highest BCUT2D eigenvalue weighted by Crippen LogP contribution is 2.55. The Kier molecular flexibility index (Phi) is 9.29. The maximum atomic E-state index is 2.71. The fraction of sp³-hybridized carbons (Fsp3) is 0.311. The van der Waals surface area contributed by atoms with Crippen molar-refractivity contribution in [1.82, 2.24) is 0 Å². The van der Waals surface area contributed by atoms with Crippen LogP contribution in [0.4, 0.5) is 28.4 Å². The first-order chi connectivity index (χ1) is 30.0. The Morgan fingerprint density at radius 2 is 0.922 bits per heavy atom. The van der Waals surface area contributed by atoms with Crippen molar-refractivity contribution >= 4 is 46.2 Å². The molecular formula is C61H65BN2. The average Bonchev–Trinajstić information content (AvgIpc) is 3.48. The second-order valence-electron chi connectivity index (χ2n) is 23.5. The van der Waals surface area contributed by atoms with Gasteiger partial charge in [-0.1, -0.05) is 188 Å². The first kappa shape index (κ1) is 42.2. The van der Waals surface area contributed by atoms with Crippen molar-refractivity contribution < 1.29 is 0 Å². The molecular weight excluding hydrogens is 771 g/mol. The van der Waals surface area contributed by atoms with Crippen LogP contribution in [0.2, 0.25) is 0 Å². The van der Waals surface area contributed by atoms with Crippen molar-refractivity contribution in [3.8, 4) is 33.4 Å². The van der Waals surface area contributed by atoms with E-state index in [0.717, 1.165) is 0 Å². The van der Waals surface area contributed by atoms with Crippen molar-refractivity contribution in [2.24, 2.45) is 0 Å². The van der Waals surface area contributed by atoms with Crippen LogP contribution in [0.15, 0.2) is 140 Å². The Morgan fingerprint density at radius 1 is 0.391 bits per heavy atom. The van der Waals surface area contributed by atoms with Gasteiger partial charge in [0, 0.05) is 39.3 Å². The van der Waals surface area contributed by atoms with Gasteiger partial charge in [0.25, 0.3) is 0 Å². The van der Waals surface area contributed by atoms with E-state index in [1.54, 1.807) is 0 Å². The molecule has 7 aromatic rings. The summed E-state index contributed by atoms with van der Waals surface area (Å²) < 4.78 is 0. The molecule has 0 radical (unpaired) electrons. The maximum Gasteiger partial charge on any atom is 0.333 e. The van der Waals surface area contributed by atoms with E-state index in [1.807, 2.05) is 0 Å². The van der Waals surface area contributed by atoms with Crippen LogP contribution < -0.4 is 20.6 Å². The van der Waals surface area contributed by atoms with Gasteiger partial charge in [0.2, 0.25) is 0 Å². The Hall–Kier alpha value is -5.80. The Bertz CT molecular complexity index is 3000. The number of rotatable bonds is 3. The zero-order valence-corrected chi connectivity index (χ0v) is 40.8. The normalized spacial score (nSPS) is 15.1. The molecule has 2 heterocycles. The Labute approximate surface area is 384 Å². The van der Waals surface area contributed by atoms with E-state index in [9.17, 15) is 0 Å². The fourth-order valence-corrected chi connectivity index (χ4v) is 10.9. The van der Waals surface area contributed by atoms with Gasteiger partial charge in [-0.2, -0.15) is 0 Å². The lowest BCUT2D eigenvalue weighted by Crippen LogP contribution is -2.62. The number of fused-ring (bicyclic) bond motifs is 8. The lowest BCUT2D eigenvalue weighted by molar-refractivity contribution is 0.589. The van der Waals surface area contributed by atoms with Crippen LogP contribution in [0.3, 0.4) is 0 Å². The molecule has 1 aliphatic carbocycles. The molecule has 2 aliphatic heterocycles. The number of benzene rings is 7. The quantitative estimate of drug-likeness (QED) is 0.164. The molecule has 0 fully saturated rings. The summed E-state index contributed by atoms with van der Waals surface area (Å²) in [5.74, 6) is 0. The number of hydrogen-bond donors (Lipinski definition) is 0. The van der Waals surface area contributed by atoms with Crippen LogP contribution in [0.5, 0.6) is 0 Å². The zero-order chi connectivity index (χ0) is 45.5. The standard InChI is InChI=1S/C61H65BN2/c1-57(2,3)39-24-28-43(29-25-39)64-51-32-27-41(59(7,8)9)35-46(51)47-36-42(60(10,11)12)37-53-55(47)62(64)56-52(33-30-49-54(56)44-22-18-19-23-48(44)61(49,13)14)63(53)50-31-26-40(58(4,5)6)34-45(50)38-20-16-15-17-21-38/h15-37H,1-14H3. The second kappa shape index (κ2) is 14.1. The summed E-state index contributed by atoms with van der Waals surface area (Å²) in [5.41, 5.74) is 24.6.